The summed E-state index contributed by atoms with van der Waals surface area (Å²) in [4.78, 5) is 35.0. The molecule has 1 amide bonds. The van der Waals surface area contributed by atoms with E-state index in [0.717, 1.165) is 0 Å². The molecule has 0 saturated carbocycles. The summed E-state index contributed by atoms with van der Waals surface area (Å²) >= 11 is 0. The number of carbonyl (C=O) groups excluding carboxylic acids is 3. The fourth-order valence-corrected chi connectivity index (χ4v) is 2.07. The average molecular weight is 363 g/mol. The van der Waals surface area contributed by atoms with Gasteiger partial charge in [-0.1, -0.05) is 12.1 Å². The van der Waals surface area contributed by atoms with E-state index in [1.807, 2.05) is 0 Å². The maximum Gasteiger partial charge on any atom is 0.387 e. The van der Waals surface area contributed by atoms with Gasteiger partial charge >= 0.3 is 12.6 Å². The molecule has 0 spiro atoms. The van der Waals surface area contributed by atoms with Crippen molar-refractivity contribution in [3.8, 4) is 5.75 Å². The number of ketones is 1. The van der Waals surface area contributed by atoms with E-state index in [9.17, 15) is 23.2 Å². The number of Topliss-reactive ketones (excluding diaryl/α,β-unsaturated/α-hetero) is 1. The van der Waals surface area contributed by atoms with Crippen LogP contribution in [0.25, 0.3) is 0 Å². The number of hydrogen-bond donors (Lipinski definition) is 1. The van der Waals surface area contributed by atoms with Gasteiger partial charge in [0.25, 0.3) is 0 Å². The number of carbonyl (C=O) groups is 3. The van der Waals surface area contributed by atoms with Crippen LogP contribution in [0.5, 0.6) is 5.75 Å². The van der Waals surface area contributed by atoms with Crippen LogP contribution in [0.1, 0.15) is 27.6 Å². The summed E-state index contributed by atoms with van der Waals surface area (Å²) in [6.45, 7) is -2.30. The number of amides is 1. The molecule has 6 nitrogen and oxygen atoms in total. The summed E-state index contributed by atoms with van der Waals surface area (Å²) in [6, 6.07) is 11.3. The highest BCUT2D eigenvalue weighted by atomic mass is 19.3. The van der Waals surface area contributed by atoms with Crippen molar-refractivity contribution in [3.05, 3.63) is 59.7 Å². The third-order valence-electron chi connectivity index (χ3n) is 3.18. The summed E-state index contributed by atoms with van der Waals surface area (Å²) in [5.41, 5.74) is 0.578. The fraction of sp³-hybridized carbons (Fsp3) is 0.167. The maximum absolute atomic E-state index is 12.4. The lowest BCUT2D eigenvalue weighted by molar-refractivity contribution is -0.114. The van der Waals surface area contributed by atoms with E-state index < -0.39 is 25.0 Å². The molecule has 2 rings (SSSR count). The number of rotatable bonds is 7. The van der Waals surface area contributed by atoms with Gasteiger partial charge < -0.3 is 14.8 Å². The third-order valence-corrected chi connectivity index (χ3v) is 3.18. The van der Waals surface area contributed by atoms with Crippen LogP contribution in [0.4, 0.5) is 14.5 Å². The molecule has 0 unspecified atom stereocenters. The summed E-state index contributed by atoms with van der Waals surface area (Å²) in [6.07, 6.45) is 0. The Balaban J connectivity index is 1.99. The number of alkyl halides is 2. The number of benzene rings is 2. The Bertz CT molecular complexity index is 805. The quantitative estimate of drug-likeness (QED) is 0.603. The lowest BCUT2D eigenvalue weighted by Gasteiger charge is -2.10. The van der Waals surface area contributed by atoms with Crippen molar-refractivity contribution in [1.29, 1.82) is 0 Å². The monoisotopic (exact) mass is 363 g/mol. The summed E-state index contributed by atoms with van der Waals surface area (Å²) in [7, 11) is 0. The van der Waals surface area contributed by atoms with Crippen LogP contribution in [-0.4, -0.2) is 30.9 Å². The Labute approximate surface area is 147 Å². The lowest BCUT2D eigenvalue weighted by Crippen LogP contribution is -2.16. The molecule has 0 bridgehead atoms. The molecule has 0 saturated heterocycles. The molecule has 0 aromatic heterocycles. The fourth-order valence-electron chi connectivity index (χ4n) is 2.07. The van der Waals surface area contributed by atoms with Crippen LogP contribution < -0.4 is 10.1 Å². The summed E-state index contributed by atoms with van der Waals surface area (Å²) in [5, 5.41) is 2.55. The minimum Gasteiger partial charge on any atom is -0.454 e. The maximum atomic E-state index is 12.4. The van der Waals surface area contributed by atoms with Crippen LogP contribution in [0.3, 0.4) is 0 Å². The van der Waals surface area contributed by atoms with E-state index >= 15 is 0 Å². The molecule has 0 fully saturated rings. The van der Waals surface area contributed by atoms with E-state index in [4.69, 9.17) is 4.74 Å². The smallest absolute Gasteiger partial charge is 0.387 e. The van der Waals surface area contributed by atoms with Crippen molar-refractivity contribution >= 4 is 23.3 Å². The van der Waals surface area contributed by atoms with Crippen LogP contribution >= 0.6 is 0 Å². The van der Waals surface area contributed by atoms with Gasteiger partial charge in [-0.05, 0) is 36.4 Å². The molecule has 0 atom stereocenters. The molecule has 2 aromatic carbocycles. The zero-order chi connectivity index (χ0) is 19.1. The standard InChI is InChI=1S/C18H15F2NO5/c1-11(22)21-13-8-6-12(7-9-13)15(23)10-25-17(24)14-4-2-3-5-16(14)26-18(19)20/h2-9,18H,10H2,1H3,(H,21,22). The van der Waals surface area contributed by atoms with Gasteiger partial charge in [-0.3, -0.25) is 9.59 Å². The number of halogens is 2. The highest BCUT2D eigenvalue weighted by molar-refractivity contribution is 6.00. The second-order valence-electron chi connectivity index (χ2n) is 5.13. The van der Waals surface area contributed by atoms with Crippen molar-refractivity contribution in [2.45, 2.75) is 13.5 Å². The molecule has 2 aromatic rings. The first-order valence-corrected chi connectivity index (χ1v) is 7.48. The minimum atomic E-state index is -3.09. The second kappa shape index (κ2) is 8.70. The average Bonchev–Trinajstić information content (AvgIpc) is 2.59. The van der Waals surface area contributed by atoms with Gasteiger partial charge in [0.1, 0.15) is 11.3 Å². The van der Waals surface area contributed by atoms with Crippen LogP contribution in [-0.2, 0) is 9.53 Å². The first-order valence-electron chi connectivity index (χ1n) is 7.48. The van der Waals surface area contributed by atoms with Gasteiger partial charge in [-0.15, -0.1) is 0 Å². The van der Waals surface area contributed by atoms with E-state index in [-0.39, 0.29) is 22.8 Å². The van der Waals surface area contributed by atoms with Gasteiger partial charge in [0.15, 0.2) is 12.4 Å². The van der Waals surface area contributed by atoms with Gasteiger partial charge in [0.05, 0.1) is 0 Å². The van der Waals surface area contributed by atoms with Gasteiger partial charge in [0, 0.05) is 18.2 Å². The second-order valence-corrected chi connectivity index (χ2v) is 5.13. The number of nitrogens with one attached hydrogen (secondary N) is 1. The molecule has 0 radical (unpaired) electrons. The Kier molecular flexibility index (Phi) is 6.37. The van der Waals surface area contributed by atoms with Crippen LogP contribution in [0.2, 0.25) is 0 Å². The van der Waals surface area contributed by atoms with Crippen molar-refractivity contribution in [1.82, 2.24) is 0 Å². The van der Waals surface area contributed by atoms with Gasteiger partial charge in [-0.25, -0.2) is 4.79 Å². The van der Waals surface area contributed by atoms with E-state index in [1.54, 1.807) is 0 Å². The zero-order valence-electron chi connectivity index (χ0n) is 13.7. The number of esters is 1. The molecule has 0 aliphatic carbocycles. The van der Waals surface area contributed by atoms with Crippen molar-refractivity contribution in [2.24, 2.45) is 0 Å². The number of para-hydroxylation sites is 1. The summed E-state index contributed by atoms with van der Waals surface area (Å²) in [5.74, 6) is -2.02. The number of ether oxygens (including phenoxy) is 2. The van der Waals surface area contributed by atoms with Crippen LogP contribution in [0, 0.1) is 0 Å². The Morgan fingerprint density at radius 1 is 1.04 bits per heavy atom. The molecule has 0 aliphatic rings. The van der Waals surface area contributed by atoms with Crippen molar-refractivity contribution in [2.75, 3.05) is 11.9 Å². The normalized spacial score (nSPS) is 10.3. The number of hydrogen-bond acceptors (Lipinski definition) is 5. The molecule has 1 N–H and O–H groups in total. The predicted molar refractivity (Wildman–Crippen MR) is 88.4 cm³/mol. The molecule has 0 heterocycles. The van der Waals surface area contributed by atoms with Crippen LogP contribution in [0.15, 0.2) is 48.5 Å². The SMILES string of the molecule is CC(=O)Nc1ccc(C(=O)COC(=O)c2ccccc2OC(F)F)cc1. The molecule has 8 heteroatoms. The minimum absolute atomic E-state index is 0.207. The molecule has 136 valence electrons. The van der Waals surface area contributed by atoms with Gasteiger partial charge in [-0.2, -0.15) is 8.78 Å². The molecular formula is C18H15F2NO5. The van der Waals surface area contributed by atoms with Gasteiger partial charge in [0.2, 0.25) is 5.91 Å². The van der Waals surface area contributed by atoms with E-state index in [0.29, 0.717) is 5.69 Å². The Morgan fingerprint density at radius 3 is 2.31 bits per heavy atom. The Morgan fingerprint density at radius 2 is 1.69 bits per heavy atom. The largest absolute Gasteiger partial charge is 0.454 e. The number of anilines is 1. The first kappa shape index (κ1) is 19.0. The highest BCUT2D eigenvalue weighted by Crippen LogP contribution is 2.21. The van der Waals surface area contributed by atoms with E-state index in [1.165, 1.54) is 55.5 Å². The molecule has 26 heavy (non-hydrogen) atoms. The van der Waals surface area contributed by atoms with E-state index in [2.05, 4.69) is 10.1 Å². The van der Waals surface area contributed by atoms with Crippen molar-refractivity contribution in [3.63, 3.8) is 0 Å². The first-order chi connectivity index (χ1) is 12.4. The van der Waals surface area contributed by atoms with Crippen molar-refractivity contribution < 1.29 is 32.6 Å². The Hall–Kier alpha value is -3.29. The lowest BCUT2D eigenvalue weighted by atomic mass is 10.1. The highest BCUT2D eigenvalue weighted by Gasteiger charge is 2.18. The predicted octanol–water partition coefficient (Wildman–Crippen LogP) is 3.29. The topological polar surface area (TPSA) is 81.7 Å². The molecular weight excluding hydrogens is 348 g/mol. The summed E-state index contributed by atoms with van der Waals surface area (Å²) < 4.78 is 33.8. The zero-order valence-corrected chi connectivity index (χ0v) is 13.7. The third kappa shape index (κ3) is 5.37. The molecule has 0 aliphatic heterocycles.